The van der Waals surface area contributed by atoms with Crippen LogP contribution in [0.15, 0.2) is 85.0 Å². The van der Waals surface area contributed by atoms with Gasteiger partial charge in [0.05, 0.1) is 32.0 Å². The molecule has 8 heteroatoms. The Morgan fingerprint density at radius 3 is 2.00 bits per heavy atom. The lowest BCUT2D eigenvalue weighted by Crippen LogP contribution is -2.31. The number of ether oxygens (including phenoxy) is 2. The van der Waals surface area contributed by atoms with E-state index >= 15 is 0 Å². The molecule has 6 nitrogen and oxygen atoms in total. The summed E-state index contributed by atoms with van der Waals surface area (Å²) < 4.78 is 35.6. The van der Waals surface area contributed by atoms with Crippen LogP contribution in [0.1, 0.15) is 81.3 Å². The third-order valence-electron chi connectivity index (χ3n) is 10.5. The van der Waals surface area contributed by atoms with Gasteiger partial charge in [0.2, 0.25) is 0 Å². The monoisotopic (exact) mass is 666 g/mol. The molecule has 0 aliphatic heterocycles. The molecule has 2 atom stereocenters. The van der Waals surface area contributed by atoms with Crippen LogP contribution in [0.3, 0.4) is 0 Å². The van der Waals surface area contributed by atoms with Crippen molar-refractivity contribution in [2.45, 2.75) is 82.8 Å². The lowest BCUT2D eigenvalue weighted by Gasteiger charge is -2.40. The van der Waals surface area contributed by atoms with Gasteiger partial charge >= 0.3 is 5.97 Å². The highest BCUT2D eigenvalue weighted by molar-refractivity contribution is 5.87. The SMILES string of the molecule is C=C(CO)C(=O)OCC(CCOC(O)C(=C)CO)C1CCC(C2CCC(c3ccc(-c4ccc(CCC=C(F)F)cc4)cc3)CC2)CC1. The van der Waals surface area contributed by atoms with E-state index in [4.69, 9.17) is 9.47 Å². The quantitative estimate of drug-likeness (QED) is 0.0683. The summed E-state index contributed by atoms with van der Waals surface area (Å²) in [5.41, 5.74) is 4.97. The minimum Gasteiger partial charge on any atom is -0.462 e. The van der Waals surface area contributed by atoms with E-state index in [0.717, 1.165) is 54.4 Å². The highest BCUT2D eigenvalue weighted by atomic mass is 19.3. The maximum absolute atomic E-state index is 12.3. The van der Waals surface area contributed by atoms with E-state index in [1.807, 2.05) is 12.1 Å². The van der Waals surface area contributed by atoms with Gasteiger partial charge in [-0.15, -0.1) is 0 Å². The molecule has 3 N–H and O–H groups in total. The fourth-order valence-corrected chi connectivity index (χ4v) is 7.50. The number of aliphatic hydroxyl groups excluding tert-OH is 3. The second-order valence-corrected chi connectivity index (χ2v) is 13.6. The second kappa shape index (κ2) is 19.1. The summed E-state index contributed by atoms with van der Waals surface area (Å²) in [6.45, 7) is 6.84. The van der Waals surface area contributed by atoms with Crippen LogP contribution in [0, 0.1) is 23.7 Å². The molecule has 2 aliphatic rings. The lowest BCUT2D eigenvalue weighted by atomic mass is 9.66. The third-order valence-corrected chi connectivity index (χ3v) is 10.5. The van der Waals surface area contributed by atoms with Gasteiger partial charge in [0.15, 0.2) is 6.29 Å². The zero-order chi connectivity index (χ0) is 34.5. The van der Waals surface area contributed by atoms with Crippen LogP contribution in [0.4, 0.5) is 8.78 Å². The Hall–Kier alpha value is -3.17. The fourth-order valence-electron chi connectivity index (χ4n) is 7.50. The standard InChI is InChI=1S/C40H52F2O6/c1-27(24-43)39(45)47-23-22-37(26-48-40(46)28(2)25-44)36-20-18-35(19-21-36)34-16-14-33(15-17-34)32-12-10-31(11-13-32)30-8-6-29(7-9-30)4-3-5-38(41)42/h5-13,33-37,39,43-45H,1-4,14-26H2. The van der Waals surface area contributed by atoms with Gasteiger partial charge in [-0.1, -0.05) is 61.7 Å². The molecule has 0 heterocycles. The fraction of sp³-hybridized carbons (Fsp3) is 0.525. The van der Waals surface area contributed by atoms with Crippen molar-refractivity contribution in [3.8, 4) is 11.1 Å². The number of allylic oxidation sites excluding steroid dienone is 1. The Balaban J connectivity index is 1.24. The summed E-state index contributed by atoms with van der Waals surface area (Å²) in [6, 6.07) is 17.1. The van der Waals surface area contributed by atoms with Crippen LogP contribution in [-0.4, -0.2) is 54.0 Å². The van der Waals surface area contributed by atoms with Crippen LogP contribution in [-0.2, 0) is 20.7 Å². The Labute approximate surface area is 284 Å². The van der Waals surface area contributed by atoms with Crippen LogP contribution in [0.2, 0.25) is 0 Å². The van der Waals surface area contributed by atoms with Crippen molar-refractivity contribution in [1.82, 2.24) is 0 Å². The third kappa shape index (κ3) is 11.2. The molecule has 2 saturated carbocycles. The maximum Gasteiger partial charge on any atom is 0.335 e. The highest BCUT2D eigenvalue weighted by Gasteiger charge is 2.34. The Bertz CT molecular complexity index is 1330. The number of rotatable bonds is 17. The van der Waals surface area contributed by atoms with E-state index in [9.17, 15) is 28.9 Å². The smallest absolute Gasteiger partial charge is 0.335 e. The summed E-state index contributed by atoms with van der Waals surface area (Å²) in [6.07, 6.45) is 8.91. The van der Waals surface area contributed by atoms with E-state index in [1.165, 1.54) is 31.2 Å². The second-order valence-electron chi connectivity index (χ2n) is 13.6. The van der Waals surface area contributed by atoms with Crippen molar-refractivity contribution in [2.24, 2.45) is 23.7 Å². The first kappa shape index (κ1) is 37.6. The number of esters is 1. The highest BCUT2D eigenvalue weighted by Crippen LogP contribution is 2.45. The number of carbonyl (C=O) groups excluding carboxylic acids is 1. The van der Waals surface area contributed by atoms with Gasteiger partial charge in [-0.2, -0.15) is 8.78 Å². The molecule has 0 saturated heterocycles. The molecule has 0 spiro atoms. The Morgan fingerprint density at radius 2 is 1.44 bits per heavy atom. The molecule has 0 amide bonds. The summed E-state index contributed by atoms with van der Waals surface area (Å²) >= 11 is 0. The molecule has 4 rings (SSSR count). The van der Waals surface area contributed by atoms with Crippen molar-refractivity contribution in [3.63, 3.8) is 0 Å². The average Bonchev–Trinajstić information content (AvgIpc) is 3.12. The maximum atomic E-state index is 12.3. The van der Waals surface area contributed by atoms with Gasteiger partial charge in [0.1, 0.15) is 0 Å². The van der Waals surface area contributed by atoms with Gasteiger partial charge in [0.25, 0.3) is 6.08 Å². The number of aliphatic hydroxyl groups is 3. The van der Waals surface area contributed by atoms with Gasteiger partial charge in [-0.25, -0.2) is 4.79 Å². The van der Waals surface area contributed by atoms with Crippen molar-refractivity contribution < 1.29 is 38.4 Å². The molecular weight excluding hydrogens is 614 g/mol. The minimum absolute atomic E-state index is 0.0294. The molecule has 48 heavy (non-hydrogen) atoms. The molecule has 0 bridgehead atoms. The predicted molar refractivity (Wildman–Crippen MR) is 184 cm³/mol. The summed E-state index contributed by atoms with van der Waals surface area (Å²) in [5, 5.41) is 28.4. The van der Waals surface area contributed by atoms with Crippen LogP contribution < -0.4 is 0 Å². The first-order valence-electron chi connectivity index (χ1n) is 17.4. The van der Waals surface area contributed by atoms with Gasteiger partial charge < -0.3 is 24.8 Å². The van der Waals surface area contributed by atoms with E-state index in [-0.39, 0.29) is 36.9 Å². The topological polar surface area (TPSA) is 96.2 Å². The van der Waals surface area contributed by atoms with E-state index in [1.54, 1.807) is 0 Å². The largest absolute Gasteiger partial charge is 0.462 e. The van der Waals surface area contributed by atoms with Crippen molar-refractivity contribution >= 4 is 5.97 Å². The van der Waals surface area contributed by atoms with Crippen molar-refractivity contribution in [1.29, 1.82) is 0 Å². The summed E-state index contributed by atoms with van der Waals surface area (Å²) in [4.78, 5) is 12.2. The Morgan fingerprint density at radius 1 is 0.854 bits per heavy atom. The van der Waals surface area contributed by atoms with E-state index < -0.39 is 24.9 Å². The van der Waals surface area contributed by atoms with Crippen LogP contribution in [0.5, 0.6) is 0 Å². The molecule has 2 unspecified atom stereocenters. The first-order chi connectivity index (χ1) is 23.2. The molecule has 2 aromatic carbocycles. The van der Waals surface area contributed by atoms with Crippen molar-refractivity contribution in [3.05, 3.63) is 96.1 Å². The zero-order valence-corrected chi connectivity index (χ0v) is 28.0. The number of aryl methyl sites for hydroxylation is 1. The molecule has 0 radical (unpaired) electrons. The molecule has 262 valence electrons. The lowest BCUT2D eigenvalue weighted by molar-refractivity contribution is -0.142. The molecule has 0 aromatic heterocycles. The molecule has 2 fully saturated rings. The number of carbonyl (C=O) groups is 1. The van der Waals surface area contributed by atoms with Crippen LogP contribution in [0.25, 0.3) is 11.1 Å². The number of hydrogen-bond donors (Lipinski definition) is 3. The van der Waals surface area contributed by atoms with Gasteiger partial charge in [0, 0.05) is 5.57 Å². The number of halogens is 2. The zero-order valence-electron chi connectivity index (χ0n) is 28.0. The first-order valence-corrected chi connectivity index (χ1v) is 17.4. The summed E-state index contributed by atoms with van der Waals surface area (Å²) in [7, 11) is 0. The van der Waals surface area contributed by atoms with Gasteiger partial charge in [-0.05, 0) is 129 Å². The minimum atomic E-state index is -1.62. The molecule has 2 aromatic rings. The average molecular weight is 667 g/mol. The number of benzene rings is 2. The summed E-state index contributed by atoms with van der Waals surface area (Å²) in [5.74, 6) is 1.83. The van der Waals surface area contributed by atoms with Gasteiger partial charge in [-0.3, -0.25) is 0 Å². The van der Waals surface area contributed by atoms with Crippen LogP contribution >= 0.6 is 0 Å². The normalized spacial score (nSPS) is 22.4. The van der Waals surface area contributed by atoms with E-state index in [0.29, 0.717) is 37.0 Å². The van der Waals surface area contributed by atoms with E-state index in [2.05, 4.69) is 49.6 Å². The Kier molecular flexibility index (Phi) is 15.0. The molecule has 2 aliphatic carbocycles. The van der Waals surface area contributed by atoms with Crippen molar-refractivity contribution in [2.75, 3.05) is 26.4 Å². The predicted octanol–water partition coefficient (Wildman–Crippen LogP) is 8.13. The number of hydrogen-bond acceptors (Lipinski definition) is 6. The molecular formula is C40H52F2O6.